The summed E-state index contributed by atoms with van der Waals surface area (Å²) in [4.78, 5) is 12.7. The summed E-state index contributed by atoms with van der Waals surface area (Å²) in [5.41, 5.74) is 1.21. The third-order valence-electron chi connectivity index (χ3n) is 4.84. The van der Waals surface area contributed by atoms with Gasteiger partial charge in [0.25, 0.3) is 5.91 Å². The van der Waals surface area contributed by atoms with Gasteiger partial charge in [-0.05, 0) is 23.8 Å². The Kier molecular flexibility index (Phi) is 7.65. The van der Waals surface area contributed by atoms with Gasteiger partial charge in [0.2, 0.25) is 0 Å². The number of methoxy groups -OCH3 is 1. The average Bonchev–Trinajstić information content (AvgIpc) is 2.77. The number of ether oxygens (including phenoxy) is 3. The van der Waals surface area contributed by atoms with Gasteiger partial charge in [-0.3, -0.25) is 4.79 Å². The van der Waals surface area contributed by atoms with Crippen LogP contribution in [-0.4, -0.2) is 65.6 Å². The lowest BCUT2D eigenvalue weighted by atomic mass is 9.96. The predicted molar refractivity (Wildman–Crippen MR) is 108 cm³/mol. The van der Waals surface area contributed by atoms with Gasteiger partial charge >= 0.3 is 0 Å². The molecule has 0 aromatic heterocycles. The zero-order chi connectivity index (χ0) is 21.7. The van der Waals surface area contributed by atoms with Crippen LogP contribution in [0.2, 0.25) is 5.02 Å². The van der Waals surface area contributed by atoms with Gasteiger partial charge in [-0.1, -0.05) is 41.9 Å². The number of benzene rings is 2. The van der Waals surface area contributed by atoms with E-state index in [1.165, 1.54) is 19.2 Å². The largest absolute Gasteiger partial charge is 0.487 e. The first-order valence-electron chi connectivity index (χ1n) is 9.37. The summed E-state index contributed by atoms with van der Waals surface area (Å²) in [6.45, 7) is -0.171. The molecule has 4 N–H and O–H groups in total. The molecule has 1 aliphatic heterocycles. The molecule has 0 spiro atoms. The average molecular weight is 438 g/mol. The molecule has 30 heavy (non-hydrogen) atoms. The lowest BCUT2D eigenvalue weighted by Crippen LogP contribution is -2.64. The molecule has 2 aromatic rings. The van der Waals surface area contributed by atoms with Gasteiger partial charge in [-0.25, -0.2) is 0 Å². The lowest BCUT2D eigenvalue weighted by molar-refractivity contribution is -0.261. The molecule has 0 unspecified atom stereocenters. The van der Waals surface area contributed by atoms with Crippen molar-refractivity contribution in [1.29, 1.82) is 0 Å². The Balaban J connectivity index is 1.67. The van der Waals surface area contributed by atoms with Crippen LogP contribution in [0, 0.1) is 0 Å². The van der Waals surface area contributed by atoms with Crippen LogP contribution in [0.25, 0.3) is 0 Å². The monoisotopic (exact) mass is 437 g/mol. The van der Waals surface area contributed by atoms with E-state index in [1.807, 2.05) is 30.3 Å². The fraction of sp³-hybridized carbons (Fsp3) is 0.381. The number of halogens is 1. The minimum absolute atomic E-state index is 0.230. The van der Waals surface area contributed by atoms with E-state index in [2.05, 4.69) is 5.32 Å². The summed E-state index contributed by atoms with van der Waals surface area (Å²) < 4.78 is 16.2. The molecule has 1 aliphatic rings. The van der Waals surface area contributed by atoms with Crippen molar-refractivity contribution < 1.29 is 34.3 Å². The minimum atomic E-state index is -1.39. The topological polar surface area (TPSA) is 117 Å². The molecular formula is C21H24ClNO7. The maximum Gasteiger partial charge on any atom is 0.251 e. The fourth-order valence-electron chi connectivity index (χ4n) is 3.17. The second kappa shape index (κ2) is 10.2. The Hall–Kier alpha value is -2.20. The van der Waals surface area contributed by atoms with Crippen LogP contribution in [-0.2, 0) is 16.1 Å². The highest BCUT2D eigenvalue weighted by molar-refractivity contribution is 6.32. The zero-order valence-electron chi connectivity index (χ0n) is 16.3. The summed E-state index contributed by atoms with van der Waals surface area (Å²) in [6, 6.07) is 13.1. The van der Waals surface area contributed by atoms with Gasteiger partial charge < -0.3 is 34.8 Å². The summed E-state index contributed by atoms with van der Waals surface area (Å²) in [6.07, 6.45) is -4.85. The van der Waals surface area contributed by atoms with Crippen molar-refractivity contribution in [3.05, 3.63) is 64.7 Å². The van der Waals surface area contributed by atoms with E-state index in [4.69, 9.17) is 25.8 Å². The van der Waals surface area contributed by atoms with Crippen LogP contribution < -0.4 is 10.1 Å². The Morgan fingerprint density at radius 1 is 1.17 bits per heavy atom. The molecule has 1 heterocycles. The number of hydrogen-bond acceptors (Lipinski definition) is 7. The number of amides is 1. The summed E-state index contributed by atoms with van der Waals surface area (Å²) >= 11 is 6.26. The summed E-state index contributed by atoms with van der Waals surface area (Å²) in [7, 11) is 1.33. The van der Waals surface area contributed by atoms with Crippen molar-refractivity contribution in [2.75, 3.05) is 13.7 Å². The van der Waals surface area contributed by atoms with Crippen LogP contribution in [0.1, 0.15) is 15.9 Å². The normalized spacial score (nSPS) is 26.2. The van der Waals surface area contributed by atoms with Gasteiger partial charge in [0.1, 0.15) is 36.7 Å². The molecule has 1 fully saturated rings. The molecule has 1 saturated heterocycles. The predicted octanol–water partition coefficient (Wildman–Crippen LogP) is 1.10. The van der Waals surface area contributed by atoms with Gasteiger partial charge in [0.15, 0.2) is 6.29 Å². The molecule has 8 nitrogen and oxygen atoms in total. The van der Waals surface area contributed by atoms with Crippen molar-refractivity contribution in [2.45, 2.75) is 37.3 Å². The number of carbonyl (C=O) groups excluding carboxylic acids is 1. The van der Waals surface area contributed by atoms with Gasteiger partial charge in [0.05, 0.1) is 11.6 Å². The first-order chi connectivity index (χ1) is 14.4. The Labute approximate surface area is 179 Å². The van der Waals surface area contributed by atoms with E-state index in [-0.39, 0.29) is 10.6 Å². The molecule has 0 aliphatic carbocycles. The van der Waals surface area contributed by atoms with E-state index in [0.717, 1.165) is 5.56 Å². The Morgan fingerprint density at radius 3 is 2.53 bits per heavy atom. The number of hydrogen-bond donors (Lipinski definition) is 4. The number of aliphatic hydroxyl groups excluding tert-OH is 3. The Morgan fingerprint density at radius 2 is 1.90 bits per heavy atom. The molecular weight excluding hydrogens is 414 g/mol. The summed E-state index contributed by atoms with van der Waals surface area (Å²) in [5.74, 6) is -0.120. The quantitative estimate of drug-likeness (QED) is 0.512. The molecule has 2 aromatic carbocycles. The second-order valence-electron chi connectivity index (χ2n) is 6.86. The van der Waals surface area contributed by atoms with Gasteiger partial charge in [-0.2, -0.15) is 0 Å². The standard InChI is InChI=1S/C21H24ClNO7/c1-28-21-17(19(26)18(25)16(10-24)30-21)23-20(27)13-7-8-15(14(22)9-13)29-11-12-5-3-2-4-6-12/h2-9,16-19,21,24-26H,10-11H2,1H3,(H,23,27)/t16-,17-,18-,19-,21+/m1/s1. The lowest BCUT2D eigenvalue weighted by Gasteiger charge is -2.41. The Bertz CT molecular complexity index is 849. The summed E-state index contributed by atoms with van der Waals surface area (Å²) in [5, 5.41) is 32.5. The molecule has 5 atom stereocenters. The van der Waals surface area contributed by atoms with E-state index in [1.54, 1.807) is 6.07 Å². The van der Waals surface area contributed by atoms with Gasteiger partial charge in [-0.15, -0.1) is 0 Å². The fourth-order valence-corrected chi connectivity index (χ4v) is 3.40. The second-order valence-corrected chi connectivity index (χ2v) is 7.27. The molecule has 162 valence electrons. The highest BCUT2D eigenvalue weighted by atomic mass is 35.5. The van der Waals surface area contributed by atoms with Crippen LogP contribution in [0.15, 0.2) is 48.5 Å². The van der Waals surface area contributed by atoms with Crippen LogP contribution >= 0.6 is 11.6 Å². The van der Waals surface area contributed by atoms with E-state index in [0.29, 0.717) is 12.4 Å². The third-order valence-corrected chi connectivity index (χ3v) is 5.14. The van der Waals surface area contributed by atoms with Crippen LogP contribution in [0.3, 0.4) is 0 Å². The van der Waals surface area contributed by atoms with Crippen LogP contribution in [0.4, 0.5) is 0 Å². The van der Waals surface area contributed by atoms with Crippen molar-refractivity contribution in [3.63, 3.8) is 0 Å². The SMILES string of the molecule is CO[C@H]1O[C@H](CO)[C@@H](O)[C@H](O)[C@H]1NC(=O)c1ccc(OCc2ccccc2)c(Cl)c1. The minimum Gasteiger partial charge on any atom is -0.487 e. The van der Waals surface area contributed by atoms with Crippen molar-refractivity contribution >= 4 is 17.5 Å². The molecule has 0 radical (unpaired) electrons. The van der Waals surface area contributed by atoms with E-state index < -0.39 is 43.2 Å². The van der Waals surface area contributed by atoms with Crippen molar-refractivity contribution in [1.82, 2.24) is 5.32 Å². The number of carbonyl (C=O) groups is 1. The molecule has 0 bridgehead atoms. The third kappa shape index (κ3) is 5.10. The number of aliphatic hydroxyl groups is 3. The van der Waals surface area contributed by atoms with Crippen molar-refractivity contribution in [2.24, 2.45) is 0 Å². The van der Waals surface area contributed by atoms with E-state index >= 15 is 0 Å². The molecule has 0 saturated carbocycles. The molecule has 3 rings (SSSR count). The first-order valence-corrected chi connectivity index (χ1v) is 9.74. The van der Waals surface area contributed by atoms with Crippen LogP contribution in [0.5, 0.6) is 5.75 Å². The molecule has 9 heteroatoms. The molecule has 1 amide bonds. The highest BCUT2D eigenvalue weighted by Gasteiger charge is 2.45. The smallest absolute Gasteiger partial charge is 0.251 e. The van der Waals surface area contributed by atoms with E-state index in [9.17, 15) is 20.1 Å². The number of rotatable bonds is 7. The highest BCUT2D eigenvalue weighted by Crippen LogP contribution is 2.27. The van der Waals surface area contributed by atoms with Gasteiger partial charge in [0, 0.05) is 12.7 Å². The maximum atomic E-state index is 12.7. The first kappa shape index (κ1) is 22.5. The zero-order valence-corrected chi connectivity index (χ0v) is 17.0. The maximum absolute atomic E-state index is 12.7. The number of nitrogens with one attached hydrogen (secondary N) is 1. The van der Waals surface area contributed by atoms with Crippen molar-refractivity contribution in [3.8, 4) is 5.75 Å².